The molecule has 4 heteroatoms. The SMILES string of the molecule is CC(=O)CCCCN(C)Cc1ccc(Cl)s1. The van der Waals surface area contributed by atoms with Crippen LogP contribution in [0.2, 0.25) is 4.34 Å². The number of Topliss-reactive ketones (excluding diaryl/α,β-unsaturated/α-hetero) is 1. The average molecular weight is 260 g/mol. The molecule has 0 spiro atoms. The van der Waals surface area contributed by atoms with Gasteiger partial charge in [0.25, 0.3) is 0 Å². The zero-order chi connectivity index (χ0) is 12.0. The number of halogens is 1. The van der Waals surface area contributed by atoms with Crippen LogP contribution in [0.1, 0.15) is 31.1 Å². The molecule has 2 nitrogen and oxygen atoms in total. The molecule has 90 valence electrons. The largest absolute Gasteiger partial charge is 0.301 e. The van der Waals surface area contributed by atoms with Gasteiger partial charge in [0, 0.05) is 17.8 Å². The monoisotopic (exact) mass is 259 g/mol. The molecule has 0 aliphatic heterocycles. The topological polar surface area (TPSA) is 20.3 Å². The van der Waals surface area contributed by atoms with Crippen molar-refractivity contribution in [2.75, 3.05) is 13.6 Å². The minimum atomic E-state index is 0.285. The van der Waals surface area contributed by atoms with Crippen molar-refractivity contribution < 1.29 is 4.79 Å². The van der Waals surface area contributed by atoms with E-state index in [0.717, 1.165) is 30.3 Å². The maximum absolute atomic E-state index is 10.8. The Balaban J connectivity index is 2.16. The van der Waals surface area contributed by atoms with Gasteiger partial charge in [-0.15, -0.1) is 11.3 Å². The van der Waals surface area contributed by atoms with E-state index in [9.17, 15) is 4.79 Å². The van der Waals surface area contributed by atoms with Gasteiger partial charge in [-0.05, 0) is 45.5 Å². The Hall–Kier alpha value is -0.380. The summed E-state index contributed by atoms with van der Waals surface area (Å²) in [6.45, 7) is 3.62. The van der Waals surface area contributed by atoms with Gasteiger partial charge >= 0.3 is 0 Å². The Kier molecular flexibility index (Phi) is 6.03. The molecule has 0 aliphatic rings. The molecule has 0 fully saturated rings. The van der Waals surface area contributed by atoms with Gasteiger partial charge in [-0.1, -0.05) is 11.6 Å². The van der Waals surface area contributed by atoms with Crippen molar-refractivity contribution in [1.29, 1.82) is 0 Å². The molecule has 1 aromatic heterocycles. The van der Waals surface area contributed by atoms with Crippen molar-refractivity contribution in [2.24, 2.45) is 0 Å². The van der Waals surface area contributed by atoms with E-state index in [1.165, 1.54) is 4.88 Å². The van der Waals surface area contributed by atoms with Crippen LogP contribution in [0.25, 0.3) is 0 Å². The molecule has 1 rings (SSSR count). The first-order valence-electron chi connectivity index (χ1n) is 5.50. The molecule has 0 saturated heterocycles. The van der Waals surface area contributed by atoms with Crippen molar-refractivity contribution >= 4 is 28.7 Å². The Morgan fingerprint density at radius 2 is 2.19 bits per heavy atom. The maximum Gasteiger partial charge on any atom is 0.129 e. The van der Waals surface area contributed by atoms with Crippen LogP contribution in [0, 0.1) is 0 Å². The molecule has 0 amide bonds. The van der Waals surface area contributed by atoms with Crippen LogP contribution in [0.3, 0.4) is 0 Å². The number of hydrogen-bond donors (Lipinski definition) is 0. The molecule has 16 heavy (non-hydrogen) atoms. The van der Waals surface area contributed by atoms with Gasteiger partial charge < -0.3 is 9.69 Å². The summed E-state index contributed by atoms with van der Waals surface area (Å²) in [4.78, 5) is 14.3. The lowest BCUT2D eigenvalue weighted by Gasteiger charge is -2.14. The average Bonchev–Trinajstić information content (AvgIpc) is 2.58. The van der Waals surface area contributed by atoms with Crippen LogP contribution in [0.5, 0.6) is 0 Å². The number of rotatable bonds is 7. The van der Waals surface area contributed by atoms with Crippen LogP contribution >= 0.6 is 22.9 Å². The zero-order valence-electron chi connectivity index (χ0n) is 9.83. The fourth-order valence-electron chi connectivity index (χ4n) is 1.54. The van der Waals surface area contributed by atoms with E-state index in [1.54, 1.807) is 18.3 Å². The number of carbonyl (C=O) groups is 1. The third kappa shape index (κ3) is 5.64. The molecule has 1 heterocycles. The van der Waals surface area contributed by atoms with Crippen LogP contribution in [0.15, 0.2) is 12.1 Å². The maximum atomic E-state index is 10.8. The number of unbranched alkanes of at least 4 members (excludes halogenated alkanes) is 1. The summed E-state index contributed by atoms with van der Waals surface area (Å²) in [7, 11) is 2.10. The van der Waals surface area contributed by atoms with Crippen LogP contribution < -0.4 is 0 Å². The molecule has 1 aromatic rings. The molecule has 0 unspecified atom stereocenters. The molecule has 0 atom stereocenters. The first kappa shape index (κ1) is 13.7. The van der Waals surface area contributed by atoms with E-state index in [0.29, 0.717) is 6.42 Å². The van der Waals surface area contributed by atoms with Gasteiger partial charge in [0.2, 0.25) is 0 Å². The van der Waals surface area contributed by atoms with Gasteiger partial charge in [-0.2, -0.15) is 0 Å². The molecule has 0 aromatic carbocycles. The van der Waals surface area contributed by atoms with Crippen molar-refractivity contribution in [3.05, 3.63) is 21.3 Å². The summed E-state index contributed by atoms with van der Waals surface area (Å²) in [6, 6.07) is 4.00. The Bertz CT molecular complexity index is 338. The van der Waals surface area contributed by atoms with Crippen molar-refractivity contribution in [3.8, 4) is 0 Å². The van der Waals surface area contributed by atoms with E-state index < -0.39 is 0 Å². The van der Waals surface area contributed by atoms with Gasteiger partial charge in [0.05, 0.1) is 4.34 Å². The highest BCUT2D eigenvalue weighted by Gasteiger charge is 2.03. The number of nitrogens with zero attached hydrogens (tertiary/aromatic N) is 1. The van der Waals surface area contributed by atoms with Crippen molar-refractivity contribution in [1.82, 2.24) is 4.90 Å². The van der Waals surface area contributed by atoms with Gasteiger partial charge in [0.15, 0.2) is 0 Å². The lowest BCUT2D eigenvalue weighted by atomic mass is 10.2. The van der Waals surface area contributed by atoms with E-state index >= 15 is 0 Å². The standard InChI is InChI=1S/C12H18ClNOS/c1-10(15)5-3-4-8-14(2)9-11-6-7-12(13)16-11/h6-7H,3-5,8-9H2,1-2H3. The van der Waals surface area contributed by atoms with Crippen LogP contribution in [-0.4, -0.2) is 24.3 Å². The predicted molar refractivity (Wildman–Crippen MR) is 70.2 cm³/mol. The second-order valence-electron chi connectivity index (χ2n) is 4.10. The van der Waals surface area contributed by atoms with Gasteiger partial charge in [-0.3, -0.25) is 0 Å². The highest BCUT2D eigenvalue weighted by molar-refractivity contribution is 7.16. The number of ketones is 1. The third-order valence-corrected chi connectivity index (χ3v) is 3.59. The highest BCUT2D eigenvalue weighted by Crippen LogP contribution is 2.22. The molecule has 0 aliphatic carbocycles. The Labute approximate surface area is 106 Å². The number of thiophene rings is 1. The fraction of sp³-hybridized carbons (Fsp3) is 0.583. The zero-order valence-corrected chi connectivity index (χ0v) is 11.4. The van der Waals surface area contributed by atoms with Crippen LogP contribution in [0.4, 0.5) is 0 Å². The first-order valence-corrected chi connectivity index (χ1v) is 6.69. The second kappa shape index (κ2) is 7.05. The molecule has 0 saturated carbocycles. The van der Waals surface area contributed by atoms with Gasteiger partial charge in [-0.25, -0.2) is 0 Å². The smallest absolute Gasteiger partial charge is 0.129 e. The van der Waals surface area contributed by atoms with Crippen LogP contribution in [-0.2, 0) is 11.3 Å². The summed E-state index contributed by atoms with van der Waals surface area (Å²) < 4.78 is 0.847. The molecular weight excluding hydrogens is 242 g/mol. The lowest BCUT2D eigenvalue weighted by Crippen LogP contribution is -2.18. The predicted octanol–water partition coefficient (Wildman–Crippen LogP) is 3.59. The minimum Gasteiger partial charge on any atom is -0.301 e. The van der Waals surface area contributed by atoms with E-state index in [4.69, 9.17) is 11.6 Å². The molecule has 0 bridgehead atoms. The molecule has 0 radical (unpaired) electrons. The van der Waals surface area contributed by atoms with E-state index in [-0.39, 0.29) is 5.78 Å². The Morgan fingerprint density at radius 1 is 1.44 bits per heavy atom. The summed E-state index contributed by atoms with van der Waals surface area (Å²) >= 11 is 7.50. The molecule has 0 N–H and O–H groups in total. The summed E-state index contributed by atoms with van der Waals surface area (Å²) in [5.74, 6) is 0.285. The summed E-state index contributed by atoms with van der Waals surface area (Å²) in [6.07, 6.45) is 2.78. The van der Waals surface area contributed by atoms with Crippen molar-refractivity contribution in [3.63, 3.8) is 0 Å². The van der Waals surface area contributed by atoms with E-state index in [1.807, 2.05) is 6.07 Å². The highest BCUT2D eigenvalue weighted by atomic mass is 35.5. The first-order chi connectivity index (χ1) is 7.58. The van der Waals surface area contributed by atoms with Gasteiger partial charge in [0.1, 0.15) is 5.78 Å². The van der Waals surface area contributed by atoms with Crippen molar-refractivity contribution in [2.45, 2.75) is 32.7 Å². The lowest BCUT2D eigenvalue weighted by molar-refractivity contribution is -0.117. The molecular formula is C12H18ClNOS. The van der Waals surface area contributed by atoms with E-state index in [2.05, 4.69) is 18.0 Å². The Morgan fingerprint density at radius 3 is 2.75 bits per heavy atom. The third-order valence-electron chi connectivity index (χ3n) is 2.37. The second-order valence-corrected chi connectivity index (χ2v) is 5.90. The number of hydrogen-bond acceptors (Lipinski definition) is 3. The normalized spacial score (nSPS) is 11.0. The summed E-state index contributed by atoms with van der Waals surface area (Å²) in [5, 5.41) is 0. The minimum absolute atomic E-state index is 0.285. The number of carbonyl (C=O) groups excluding carboxylic acids is 1. The summed E-state index contributed by atoms with van der Waals surface area (Å²) in [5.41, 5.74) is 0. The quantitative estimate of drug-likeness (QED) is 0.698. The fourth-order valence-corrected chi connectivity index (χ4v) is 2.71.